The standard InChI is InChI=1S/C15H19N5O3S/c1-19-14(11-6-4-8-23-11)17-18-15(19)24-9-12(21)20-7-3-2-5-10(20)13(16)22/h4,6,8,10H,2-3,5,7,9H2,1H3,(H2,16,22)/t10-/m1/s1. The van der Waals surface area contributed by atoms with Crippen LogP contribution in [0.15, 0.2) is 28.0 Å². The predicted molar refractivity (Wildman–Crippen MR) is 88.0 cm³/mol. The molecule has 2 aromatic heterocycles. The highest BCUT2D eigenvalue weighted by atomic mass is 32.2. The van der Waals surface area contributed by atoms with Gasteiger partial charge >= 0.3 is 0 Å². The summed E-state index contributed by atoms with van der Waals surface area (Å²) in [7, 11) is 1.82. The number of aromatic nitrogens is 3. The van der Waals surface area contributed by atoms with E-state index in [-0.39, 0.29) is 11.7 Å². The molecular weight excluding hydrogens is 330 g/mol. The van der Waals surface area contributed by atoms with Crippen LogP contribution in [0.5, 0.6) is 0 Å². The number of rotatable bonds is 5. The molecule has 0 aromatic carbocycles. The van der Waals surface area contributed by atoms with Crippen molar-refractivity contribution >= 4 is 23.6 Å². The third-order valence-corrected chi connectivity index (χ3v) is 5.06. The molecule has 1 saturated heterocycles. The van der Waals surface area contributed by atoms with Gasteiger partial charge in [0.2, 0.25) is 11.8 Å². The number of carbonyl (C=O) groups excluding carboxylic acids is 2. The minimum absolute atomic E-state index is 0.106. The highest BCUT2D eigenvalue weighted by Crippen LogP contribution is 2.24. The molecular formula is C15H19N5O3S. The zero-order valence-electron chi connectivity index (χ0n) is 13.3. The van der Waals surface area contributed by atoms with Crippen LogP contribution in [-0.4, -0.2) is 49.8 Å². The van der Waals surface area contributed by atoms with E-state index in [2.05, 4.69) is 10.2 Å². The third-order valence-electron chi connectivity index (χ3n) is 4.05. The minimum Gasteiger partial charge on any atom is -0.461 e. The molecule has 24 heavy (non-hydrogen) atoms. The van der Waals surface area contributed by atoms with Crippen LogP contribution in [0.2, 0.25) is 0 Å². The number of primary amides is 1. The number of nitrogens with zero attached hydrogens (tertiary/aromatic N) is 4. The fraction of sp³-hybridized carbons (Fsp3) is 0.467. The second-order valence-corrected chi connectivity index (χ2v) is 6.57. The molecule has 0 saturated carbocycles. The van der Waals surface area contributed by atoms with Crippen LogP contribution < -0.4 is 5.73 Å². The molecule has 1 aliphatic rings. The zero-order valence-corrected chi connectivity index (χ0v) is 14.2. The number of likely N-dealkylation sites (tertiary alicyclic amines) is 1. The molecule has 1 aliphatic heterocycles. The van der Waals surface area contributed by atoms with E-state index in [1.54, 1.807) is 27.9 Å². The Morgan fingerprint density at radius 3 is 2.96 bits per heavy atom. The average Bonchev–Trinajstić information content (AvgIpc) is 3.22. The fourth-order valence-corrected chi connectivity index (χ4v) is 3.59. The summed E-state index contributed by atoms with van der Waals surface area (Å²) < 4.78 is 7.09. The van der Waals surface area contributed by atoms with E-state index in [1.165, 1.54) is 11.8 Å². The average molecular weight is 349 g/mol. The Labute approximate surface area is 143 Å². The Hall–Kier alpha value is -2.29. The van der Waals surface area contributed by atoms with Crippen molar-refractivity contribution < 1.29 is 14.0 Å². The highest BCUT2D eigenvalue weighted by molar-refractivity contribution is 7.99. The maximum atomic E-state index is 12.5. The van der Waals surface area contributed by atoms with Gasteiger partial charge in [-0.25, -0.2) is 0 Å². The first-order valence-corrected chi connectivity index (χ1v) is 8.71. The summed E-state index contributed by atoms with van der Waals surface area (Å²) in [6.07, 6.45) is 4.02. The van der Waals surface area contributed by atoms with E-state index in [0.717, 1.165) is 12.8 Å². The van der Waals surface area contributed by atoms with E-state index in [4.69, 9.17) is 10.2 Å². The summed E-state index contributed by atoms with van der Waals surface area (Å²) in [5, 5.41) is 8.80. The minimum atomic E-state index is -0.495. The van der Waals surface area contributed by atoms with Gasteiger partial charge in [0.15, 0.2) is 16.7 Å². The number of piperidine rings is 1. The Kier molecular flexibility index (Phi) is 4.89. The lowest BCUT2D eigenvalue weighted by Crippen LogP contribution is -2.51. The van der Waals surface area contributed by atoms with Gasteiger partial charge in [-0.2, -0.15) is 0 Å². The number of hydrogen-bond acceptors (Lipinski definition) is 6. The van der Waals surface area contributed by atoms with Gasteiger partial charge in [0, 0.05) is 13.6 Å². The maximum Gasteiger partial charge on any atom is 0.240 e. The van der Waals surface area contributed by atoms with Crippen LogP contribution in [0, 0.1) is 0 Å². The van der Waals surface area contributed by atoms with Crippen molar-refractivity contribution in [3.63, 3.8) is 0 Å². The van der Waals surface area contributed by atoms with Crippen LogP contribution in [-0.2, 0) is 16.6 Å². The van der Waals surface area contributed by atoms with Crippen molar-refractivity contribution in [2.75, 3.05) is 12.3 Å². The molecule has 128 valence electrons. The Morgan fingerprint density at radius 2 is 2.25 bits per heavy atom. The number of furan rings is 1. The topological polar surface area (TPSA) is 107 Å². The number of nitrogens with two attached hydrogens (primary N) is 1. The molecule has 3 rings (SSSR count). The van der Waals surface area contributed by atoms with Crippen LogP contribution in [0.4, 0.5) is 0 Å². The largest absolute Gasteiger partial charge is 0.461 e. The van der Waals surface area contributed by atoms with E-state index in [1.807, 2.05) is 7.05 Å². The number of carbonyl (C=O) groups is 2. The first-order chi connectivity index (χ1) is 11.6. The van der Waals surface area contributed by atoms with E-state index in [0.29, 0.717) is 29.7 Å². The molecule has 2 aromatic rings. The van der Waals surface area contributed by atoms with E-state index >= 15 is 0 Å². The molecule has 0 spiro atoms. The molecule has 3 heterocycles. The quantitative estimate of drug-likeness (QED) is 0.808. The van der Waals surface area contributed by atoms with Crippen molar-refractivity contribution in [2.24, 2.45) is 12.8 Å². The van der Waals surface area contributed by atoms with Crippen LogP contribution in [0.3, 0.4) is 0 Å². The molecule has 1 fully saturated rings. The summed E-state index contributed by atoms with van der Waals surface area (Å²) in [5.41, 5.74) is 5.41. The number of hydrogen-bond donors (Lipinski definition) is 1. The summed E-state index contributed by atoms with van der Waals surface area (Å²) in [6, 6.07) is 3.08. The molecule has 0 unspecified atom stereocenters. The second-order valence-electron chi connectivity index (χ2n) is 5.63. The Morgan fingerprint density at radius 1 is 1.42 bits per heavy atom. The first-order valence-electron chi connectivity index (χ1n) is 7.73. The zero-order chi connectivity index (χ0) is 17.1. The number of thioether (sulfide) groups is 1. The second kappa shape index (κ2) is 7.08. The van der Waals surface area contributed by atoms with Crippen molar-refractivity contribution in [2.45, 2.75) is 30.5 Å². The molecule has 0 radical (unpaired) electrons. The number of amides is 2. The summed E-state index contributed by atoms with van der Waals surface area (Å²) in [4.78, 5) is 25.6. The predicted octanol–water partition coefficient (Wildman–Crippen LogP) is 1.03. The van der Waals surface area contributed by atoms with Crippen molar-refractivity contribution in [1.82, 2.24) is 19.7 Å². The first kappa shape index (κ1) is 16.6. The monoisotopic (exact) mass is 349 g/mol. The molecule has 9 heteroatoms. The van der Waals surface area contributed by atoms with E-state index in [9.17, 15) is 9.59 Å². The van der Waals surface area contributed by atoms with Crippen molar-refractivity contribution in [3.05, 3.63) is 18.4 Å². The molecule has 0 bridgehead atoms. The van der Waals surface area contributed by atoms with Crippen molar-refractivity contribution in [3.8, 4) is 11.6 Å². The van der Waals surface area contributed by atoms with Crippen LogP contribution >= 0.6 is 11.8 Å². The highest BCUT2D eigenvalue weighted by Gasteiger charge is 2.30. The van der Waals surface area contributed by atoms with Gasteiger partial charge < -0.3 is 19.6 Å². The van der Waals surface area contributed by atoms with Gasteiger partial charge in [-0.15, -0.1) is 10.2 Å². The van der Waals surface area contributed by atoms with Crippen LogP contribution in [0.25, 0.3) is 11.6 Å². The van der Waals surface area contributed by atoms with Gasteiger partial charge in [0.1, 0.15) is 6.04 Å². The lowest BCUT2D eigenvalue weighted by Gasteiger charge is -2.33. The van der Waals surface area contributed by atoms with Gasteiger partial charge in [-0.05, 0) is 31.4 Å². The molecule has 2 amide bonds. The molecule has 8 nitrogen and oxygen atoms in total. The van der Waals surface area contributed by atoms with E-state index < -0.39 is 11.9 Å². The van der Waals surface area contributed by atoms with Gasteiger partial charge in [-0.3, -0.25) is 9.59 Å². The Balaban J connectivity index is 1.65. The maximum absolute atomic E-state index is 12.5. The molecule has 0 aliphatic carbocycles. The van der Waals surface area contributed by atoms with Gasteiger partial charge in [0.25, 0.3) is 0 Å². The normalized spacial score (nSPS) is 17.9. The van der Waals surface area contributed by atoms with Crippen LogP contribution in [0.1, 0.15) is 19.3 Å². The lowest BCUT2D eigenvalue weighted by molar-refractivity contribution is -0.138. The third kappa shape index (κ3) is 3.30. The fourth-order valence-electron chi connectivity index (χ4n) is 2.80. The summed E-state index contributed by atoms with van der Waals surface area (Å²) in [6.45, 7) is 0.573. The summed E-state index contributed by atoms with van der Waals surface area (Å²) in [5.74, 6) is 0.863. The summed E-state index contributed by atoms with van der Waals surface area (Å²) >= 11 is 1.29. The smallest absolute Gasteiger partial charge is 0.240 e. The lowest BCUT2D eigenvalue weighted by atomic mass is 10.0. The van der Waals surface area contributed by atoms with Gasteiger partial charge in [-0.1, -0.05) is 11.8 Å². The van der Waals surface area contributed by atoms with Gasteiger partial charge in [0.05, 0.1) is 12.0 Å². The Bertz CT molecular complexity index is 728. The SMILES string of the molecule is Cn1c(SCC(=O)N2CCCC[C@@H]2C(N)=O)nnc1-c1ccco1. The van der Waals surface area contributed by atoms with Crippen molar-refractivity contribution in [1.29, 1.82) is 0 Å². The molecule has 2 N–H and O–H groups in total. The molecule has 1 atom stereocenters.